The predicted molar refractivity (Wildman–Crippen MR) is 69.9 cm³/mol. The van der Waals surface area contributed by atoms with E-state index in [1.807, 2.05) is 4.90 Å². The van der Waals surface area contributed by atoms with Gasteiger partial charge in [0.25, 0.3) is 0 Å². The first kappa shape index (κ1) is 12.7. The molecule has 3 nitrogen and oxygen atoms in total. The van der Waals surface area contributed by atoms with Crippen molar-refractivity contribution in [3.63, 3.8) is 0 Å². The Morgan fingerprint density at radius 3 is 2.12 bits per heavy atom. The average molecular weight is 238 g/mol. The second kappa shape index (κ2) is 4.18. The number of rotatable bonds is 2. The number of piperidine rings is 1. The van der Waals surface area contributed by atoms with Crippen LogP contribution in [0.25, 0.3) is 0 Å². The van der Waals surface area contributed by atoms with Gasteiger partial charge in [0.15, 0.2) is 0 Å². The molecule has 0 bridgehead atoms. The molecule has 1 aliphatic carbocycles. The third kappa shape index (κ3) is 2.16. The van der Waals surface area contributed by atoms with Crippen molar-refractivity contribution in [3.05, 3.63) is 0 Å². The average Bonchev–Trinajstić information content (AvgIpc) is 2.68. The molecule has 98 valence electrons. The van der Waals surface area contributed by atoms with E-state index in [0.29, 0.717) is 16.7 Å². The highest BCUT2D eigenvalue weighted by Crippen LogP contribution is 2.67. The Morgan fingerprint density at radius 2 is 1.65 bits per heavy atom. The minimum Gasteiger partial charge on any atom is -0.338 e. The standard InChI is InChI=1S/C14H26N2O/c1-13(2)11(14(13,3)4)10-15-12(17)16-8-6-5-7-9-16/h11H,5-10H2,1-4H3,(H,15,17). The lowest BCUT2D eigenvalue weighted by Gasteiger charge is -2.27. The number of likely N-dealkylation sites (tertiary alicyclic amines) is 1. The van der Waals surface area contributed by atoms with E-state index in [0.717, 1.165) is 32.5 Å². The third-order valence-electron chi connectivity index (χ3n) is 5.42. The van der Waals surface area contributed by atoms with Crippen LogP contribution in [0.5, 0.6) is 0 Å². The molecule has 2 fully saturated rings. The van der Waals surface area contributed by atoms with Gasteiger partial charge in [-0.05, 0) is 36.0 Å². The number of urea groups is 1. The molecule has 0 spiro atoms. The van der Waals surface area contributed by atoms with Crippen LogP contribution in [0, 0.1) is 16.7 Å². The molecular weight excluding hydrogens is 212 g/mol. The Morgan fingerprint density at radius 1 is 1.12 bits per heavy atom. The van der Waals surface area contributed by atoms with Gasteiger partial charge in [0.2, 0.25) is 0 Å². The van der Waals surface area contributed by atoms with Crippen LogP contribution in [0.2, 0.25) is 0 Å². The fourth-order valence-electron chi connectivity index (χ4n) is 3.24. The van der Waals surface area contributed by atoms with Crippen LogP contribution in [-0.2, 0) is 0 Å². The van der Waals surface area contributed by atoms with Crippen molar-refractivity contribution in [2.24, 2.45) is 16.7 Å². The van der Waals surface area contributed by atoms with E-state index in [2.05, 4.69) is 33.0 Å². The summed E-state index contributed by atoms with van der Waals surface area (Å²) in [6.45, 7) is 11.9. The first-order valence-corrected chi connectivity index (χ1v) is 6.90. The van der Waals surface area contributed by atoms with Crippen molar-refractivity contribution in [1.82, 2.24) is 10.2 Å². The molecule has 0 aromatic rings. The number of hydrogen-bond donors (Lipinski definition) is 1. The van der Waals surface area contributed by atoms with Crippen LogP contribution in [0.4, 0.5) is 4.79 Å². The van der Waals surface area contributed by atoms with Crippen LogP contribution in [-0.4, -0.2) is 30.6 Å². The molecule has 1 saturated heterocycles. The maximum atomic E-state index is 12.0. The van der Waals surface area contributed by atoms with Gasteiger partial charge in [0, 0.05) is 19.6 Å². The zero-order valence-electron chi connectivity index (χ0n) is 11.7. The van der Waals surface area contributed by atoms with E-state index in [-0.39, 0.29) is 6.03 Å². The largest absolute Gasteiger partial charge is 0.338 e. The lowest BCUT2D eigenvalue weighted by molar-refractivity contribution is 0.185. The molecule has 0 aromatic heterocycles. The third-order valence-corrected chi connectivity index (χ3v) is 5.42. The fourth-order valence-corrected chi connectivity index (χ4v) is 3.24. The lowest BCUT2D eigenvalue weighted by atomic mass is 10.0. The van der Waals surface area contributed by atoms with Crippen LogP contribution in [0.15, 0.2) is 0 Å². The molecule has 3 heteroatoms. The van der Waals surface area contributed by atoms with Gasteiger partial charge in [0.1, 0.15) is 0 Å². The number of carbonyl (C=O) groups is 1. The molecule has 2 amide bonds. The highest BCUT2D eigenvalue weighted by atomic mass is 16.2. The summed E-state index contributed by atoms with van der Waals surface area (Å²) < 4.78 is 0. The quantitative estimate of drug-likeness (QED) is 0.788. The van der Waals surface area contributed by atoms with Gasteiger partial charge in [-0.3, -0.25) is 0 Å². The molecule has 1 aliphatic heterocycles. The van der Waals surface area contributed by atoms with E-state index >= 15 is 0 Å². The molecule has 1 N–H and O–H groups in total. The number of nitrogens with one attached hydrogen (secondary N) is 1. The Balaban J connectivity index is 1.78. The molecule has 0 unspecified atom stereocenters. The van der Waals surface area contributed by atoms with E-state index in [1.54, 1.807) is 0 Å². The van der Waals surface area contributed by atoms with Crippen LogP contribution in [0.3, 0.4) is 0 Å². The highest BCUT2D eigenvalue weighted by Gasteiger charge is 2.64. The first-order chi connectivity index (χ1) is 7.87. The zero-order chi connectivity index (χ0) is 12.7. The molecule has 1 saturated carbocycles. The molecule has 2 aliphatic rings. The monoisotopic (exact) mass is 238 g/mol. The normalized spacial score (nSPS) is 26.7. The Bertz CT molecular complexity index is 289. The molecule has 0 radical (unpaired) electrons. The SMILES string of the molecule is CC1(C)C(CNC(=O)N2CCCCC2)C1(C)C. The maximum absolute atomic E-state index is 12.0. The summed E-state index contributed by atoms with van der Waals surface area (Å²) in [6, 6.07) is 0.142. The summed E-state index contributed by atoms with van der Waals surface area (Å²) in [4.78, 5) is 13.9. The number of amides is 2. The van der Waals surface area contributed by atoms with Crippen molar-refractivity contribution in [2.75, 3.05) is 19.6 Å². The van der Waals surface area contributed by atoms with E-state index in [1.165, 1.54) is 6.42 Å². The summed E-state index contributed by atoms with van der Waals surface area (Å²) in [5.41, 5.74) is 0.727. The van der Waals surface area contributed by atoms with Gasteiger partial charge in [0.05, 0.1) is 0 Å². The van der Waals surface area contributed by atoms with Gasteiger partial charge >= 0.3 is 6.03 Å². The van der Waals surface area contributed by atoms with Crippen molar-refractivity contribution in [3.8, 4) is 0 Å². The van der Waals surface area contributed by atoms with Crippen molar-refractivity contribution in [1.29, 1.82) is 0 Å². The van der Waals surface area contributed by atoms with Gasteiger partial charge in [-0.2, -0.15) is 0 Å². The first-order valence-electron chi connectivity index (χ1n) is 6.90. The van der Waals surface area contributed by atoms with Crippen molar-refractivity contribution < 1.29 is 4.79 Å². The van der Waals surface area contributed by atoms with Gasteiger partial charge in [-0.25, -0.2) is 4.79 Å². The second-order valence-corrected chi connectivity index (χ2v) is 6.73. The molecule has 2 rings (SSSR count). The summed E-state index contributed by atoms with van der Waals surface area (Å²) >= 11 is 0. The minimum absolute atomic E-state index is 0.142. The van der Waals surface area contributed by atoms with Gasteiger partial charge in [-0.15, -0.1) is 0 Å². The van der Waals surface area contributed by atoms with Gasteiger partial charge < -0.3 is 10.2 Å². The van der Waals surface area contributed by atoms with Crippen molar-refractivity contribution >= 4 is 6.03 Å². The molecule has 0 aromatic carbocycles. The number of hydrogen-bond acceptors (Lipinski definition) is 1. The fraction of sp³-hybridized carbons (Fsp3) is 0.929. The Kier molecular flexibility index (Phi) is 3.13. The summed E-state index contributed by atoms with van der Waals surface area (Å²) in [5.74, 6) is 0.615. The summed E-state index contributed by atoms with van der Waals surface area (Å²) in [6.07, 6.45) is 3.59. The highest BCUT2D eigenvalue weighted by molar-refractivity contribution is 5.74. The predicted octanol–water partition coefficient (Wildman–Crippen LogP) is 2.86. The Labute approximate surface area is 105 Å². The molecular formula is C14H26N2O. The van der Waals surface area contributed by atoms with Crippen LogP contribution in [0.1, 0.15) is 47.0 Å². The lowest BCUT2D eigenvalue weighted by Crippen LogP contribution is -2.43. The van der Waals surface area contributed by atoms with Crippen LogP contribution >= 0.6 is 0 Å². The zero-order valence-corrected chi connectivity index (χ0v) is 11.7. The van der Waals surface area contributed by atoms with Crippen LogP contribution < -0.4 is 5.32 Å². The van der Waals surface area contributed by atoms with E-state index < -0.39 is 0 Å². The van der Waals surface area contributed by atoms with Gasteiger partial charge in [-0.1, -0.05) is 27.7 Å². The maximum Gasteiger partial charge on any atom is 0.317 e. The number of nitrogens with zero attached hydrogens (tertiary/aromatic N) is 1. The topological polar surface area (TPSA) is 32.3 Å². The molecule has 1 heterocycles. The van der Waals surface area contributed by atoms with E-state index in [9.17, 15) is 4.79 Å². The van der Waals surface area contributed by atoms with Crippen molar-refractivity contribution in [2.45, 2.75) is 47.0 Å². The molecule has 17 heavy (non-hydrogen) atoms. The second-order valence-electron chi connectivity index (χ2n) is 6.73. The molecule has 0 atom stereocenters. The number of carbonyl (C=O) groups excluding carboxylic acids is 1. The summed E-state index contributed by atoms with van der Waals surface area (Å²) in [7, 11) is 0. The Hall–Kier alpha value is -0.730. The van der Waals surface area contributed by atoms with E-state index in [4.69, 9.17) is 0 Å². The smallest absolute Gasteiger partial charge is 0.317 e. The minimum atomic E-state index is 0.142. The summed E-state index contributed by atoms with van der Waals surface area (Å²) in [5, 5.41) is 3.11.